The Morgan fingerprint density at radius 1 is 1.32 bits per heavy atom. The van der Waals surface area contributed by atoms with Crippen molar-refractivity contribution < 1.29 is 4.74 Å². The normalized spacial score (nSPS) is 17.2. The fraction of sp³-hybridized carbons (Fsp3) is 0.526. The summed E-state index contributed by atoms with van der Waals surface area (Å²) in [5.41, 5.74) is 2.18. The van der Waals surface area contributed by atoms with Gasteiger partial charge in [0.1, 0.15) is 5.82 Å². The Bertz CT molecular complexity index is 747. The zero-order valence-corrected chi connectivity index (χ0v) is 19.1. The van der Waals surface area contributed by atoms with E-state index in [4.69, 9.17) is 4.74 Å². The Kier molecular flexibility index (Phi) is 8.97. The molecule has 0 aliphatic carbocycles. The second-order valence-corrected chi connectivity index (χ2v) is 6.65. The number of aromatic nitrogens is 3. The number of guanidine groups is 1. The molecule has 1 aliphatic heterocycles. The molecule has 9 heteroatoms. The maximum absolute atomic E-state index is 5.59. The average Bonchev–Trinajstić information content (AvgIpc) is 3.09. The summed E-state index contributed by atoms with van der Waals surface area (Å²) in [4.78, 5) is 11.5. The van der Waals surface area contributed by atoms with Crippen molar-refractivity contribution >= 4 is 35.8 Å². The zero-order valence-electron chi connectivity index (χ0n) is 16.8. The summed E-state index contributed by atoms with van der Waals surface area (Å²) >= 11 is 0. The molecular weight excluding hydrogens is 469 g/mol. The van der Waals surface area contributed by atoms with E-state index in [1.807, 2.05) is 24.0 Å². The van der Waals surface area contributed by atoms with E-state index in [0.717, 1.165) is 49.3 Å². The molecule has 0 saturated carbocycles. The van der Waals surface area contributed by atoms with Gasteiger partial charge in [-0.05, 0) is 31.5 Å². The minimum absolute atomic E-state index is 0. The predicted molar refractivity (Wildman–Crippen MR) is 122 cm³/mol. The van der Waals surface area contributed by atoms with E-state index in [-0.39, 0.29) is 30.1 Å². The van der Waals surface area contributed by atoms with E-state index < -0.39 is 0 Å². The number of hydrogen-bond donors (Lipinski definition) is 2. The maximum Gasteiger partial charge on any atom is 0.191 e. The topological polar surface area (TPSA) is 79.6 Å². The first-order valence-electron chi connectivity index (χ1n) is 9.46. The van der Waals surface area contributed by atoms with Crippen molar-refractivity contribution in [1.82, 2.24) is 25.4 Å². The second kappa shape index (κ2) is 11.2. The van der Waals surface area contributed by atoms with Gasteiger partial charge in [-0.25, -0.2) is 9.98 Å². The number of aliphatic imine (C=N–C) groups is 1. The van der Waals surface area contributed by atoms with Gasteiger partial charge in [-0.1, -0.05) is 6.07 Å². The number of rotatable bonds is 6. The quantitative estimate of drug-likeness (QED) is 0.359. The lowest BCUT2D eigenvalue weighted by Crippen LogP contribution is -2.41. The second-order valence-electron chi connectivity index (χ2n) is 6.65. The van der Waals surface area contributed by atoms with Gasteiger partial charge in [-0.15, -0.1) is 24.0 Å². The van der Waals surface area contributed by atoms with Crippen molar-refractivity contribution in [2.24, 2.45) is 12.0 Å². The molecule has 0 spiro atoms. The molecule has 1 aliphatic rings. The number of anilines is 1. The summed E-state index contributed by atoms with van der Waals surface area (Å²) in [5, 5.41) is 10.8. The number of nitrogens with zero attached hydrogens (tertiary/aromatic N) is 5. The molecule has 1 saturated heterocycles. The van der Waals surface area contributed by atoms with E-state index in [1.165, 1.54) is 0 Å². The van der Waals surface area contributed by atoms with Crippen LogP contribution in [0.15, 0.2) is 35.6 Å². The van der Waals surface area contributed by atoms with Gasteiger partial charge in [0.25, 0.3) is 0 Å². The third-order valence-electron chi connectivity index (χ3n) is 4.50. The molecular formula is C19H30IN7O. The van der Waals surface area contributed by atoms with Gasteiger partial charge < -0.3 is 20.3 Å². The molecule has 0 radical (unpaired) electrons. The molecule has 28 heavy (non-hydrogen) atoms. The predicted octanol–water partition coefficient (Wildman–Crippen LogP) is 1.91. The van der Waals surface area contributed by atoms with Crippen LogP contribution >= 0.6 is 24.0 Å². The van der Waals surface area contributed by atoms with E-state index in [9.17, 15) is 0 Å². The van der Waals surface area contributed by atoms with Crippen molar-refractivity contribution in [2.45, 2.75) is 33.0 Å². The van der Waals surface area contributed by atoms with Gasteiger partial charge >= 0.3 is 0 Å². The van der Waals surface area contributed by atoms with Crippen LogP contribution in [0.5, 0.6) is 0 Å². The van der Waals surface area contributed by atoms with Crippen molar-refractivity contribution in [3.8, 4) is 0 Å². The molecule has 2 N–H and O–H groups in total. The molecule has 3 rings (SSSR count). The molecule has 0 amide bonds. The highest BCUT2D eigenvalue weighted by atomic mass is 127. The van der Waals surface area contributed by atoms with Crippen LogP contribution in [0.25, 0.3) is 0 Å². The highest BCUT2D eigenvalue weighted by Crippen LogP contribution is 2.15. The highest BCUT2D eigenvalue weighted by Gasteiger charge is 2.17. The van der Waals surface area contributed by atoms with Gasteiger partial charge in [0.2, 0.25) is 0 Å². The summed E-state index contributed by atoms with van der Waals surface area (Å²) in [6, 6.07) is 6.15. The lowest BCUT2D eigenvalue weighted by Gasteiger charge is -2.32. The number of pyridine rings is 1. The van der Waals surface area contributed by atoms with Crippen LogP contribution in [0.3, 0.4) is 0 Å². The standard InChI is InChI=1S/C19H29N7O.HI/c1-4-20-19(23-13-17-7-8-24-25(17)3)22-12-16-5-6-18(21-11-16)26-9-10-27-15(2)14-26;/h5-8,11,15H,4,9-10,12-14H2,1-3H3,(H2,20,22,23);1H. The summed E-state index contributed by atoms with van der Waals surface area (Å²) in [6.07, 6.45) is 3.95. The first-order valence-corrected chi connectivity index (χ1v) is 9.46. The van der Waals surface area contributed by atoms with Crippen LogP contribution < -0.4 is 15.5 Å². The Balaban J connectivity index is 0.00000280. The van der Waals surface area contributed by atoms with Crippen LogP contribution in [0.2, 0.25) is 0 Å². The fourth-order valence-corrected chi connectivity index (χ4v) is 2.98. The number of ether oxygens (including phenoxy) is 1. The minimum Gasteiger partial charge on any atom is -0.375 e. The molecule has 3 heterocycles. The number of nitrogens with one attached hydrogen (secondary N) is 2. The first kappa shape index (κ1) is 22.4. The zero-order chi connectivity index (χ0) is 19.1. The molecule has 1 fully saturated rings. The number of hydrogen-bond acceptors (Lipinski definition) is 5. The van der Waals surface area contributed by atoms with Gasteiger partial charge in [0, 0.05) is 39.1 Å². The molecule has 2 aromatic rings. The SMILES string of the molecule is CCNC(=NCc1ccc(N2CCOC(C)C2)nc1)NCc1ccnn1C.I. The number of aryl methyl sites for hydroxylation is 1. The number of morpholine rings is 1. The van der Waals surface area contributed by atoms with Crippen LogP contribution in [-0.4, -0.2) is 53.1 Å². The van der Waals surface area contributed by atoms with Crippen LogP contribution in [0.1, 0.15) is 25.1 Å². The van der Waals surface area contributed by atoms with E-state index in [1.54, 1.807) is 6.20 Å². The molecule has 0 aromatic carbocycles. The van der Waals surface area contributed by atoms with E-state index in [2.05, 4.69) is 56.6 Å². The lowest BCUT2D eigenvalue weighted by molar-refractivity contribution is 0.0529. The third-order valence-corrected chi connectivity index (χ3v) is 4.50. The minimum atomic E-state index is 0. The fourth-order valence-electron chi connectivity index (χ4n) is 2.98. The average molecular weight is 499 g/mol. The van der Waals surface area contributed by atoms with Crippen molar-refractivity contribution in [2.75, 3.05) is 31.1 Å². The largest absolute Gasteiger partial charge is 0.375 e. The molecule has 154 valence electrons. The first-order chi connectivity index (χ1) is 13.2. The molecule has 2 aromatic heterocycles. The van der Waals surface area contributed by atoms with Gasteiger partial charge in [-0.2, -0.15) is 5.10 Å². The molecule has 1 atom stereocenters. The Labute approximate surface area is 183 Å². The van der Waals surface area contributed by atoms with Crippen molar-refractivity contribution in [1.29, 1.82) is 0 Å². The van der Waals surface area contributed by atoms with Crippen LogP contribution in [0, 0.1) is 0 Å². The summed E-state index contributed by atoms with van der Waals surface area (Å²) < 4.78 is 7.44. The molecule has 8 nitrogen and oxygen atoms in total. The molecule has 0 bridgehead atoms. The van der Waals surface area contributed by atoms with E-state index >= 15 is 0 Å². The molecule has 1 unspecified atom stereocenters. The van der Waals surface area contributed by atoms with Gasteiger partial charge in [-0.3, -0.25) is 4.68 Å². The Morgan fingerprint density at radius 2 is 2.18 bits per heavy atom. The van der Waals surface area contributed by atoms with Crippen molar-refractivity contribution in [3.05, 3.63) is 41.9 Å². The summed E-state index contributed by atoms with van der Waals surface area (Å²) in [5.74, 6) is 1.78. The lowest BCUT2D eigenvalue weighted by atomic mass is 10.2. The Hall–Kier alpha value is -1.88. The highest BCUT2D eigenvalue weighted by molar-refractivity contribution is 14.0. The van der Waals surface area contributed by atoms with E-state index in [0.29, 0.717) is 13.1 Å². The smallest absolute Gasteiger partial charge is 0.191 e. The van der Waals surface area contributed by atoms with Gasteiger partial charge in [0.05, 0.1) is 31.5 Å². The van der Waals surface area contributed by atoms with Crippen molar-refractivity contribution in [3.63, 3.8) is 0 Å². The third kappa shape index (κ3) is 6.33. The van der Waals surface area contributed by atoms with Crippen LogP contribution in [-0.2, 0) is 24.9 Å². The Morgan fingerprint density at radius 3 is 2.82 bits per heavy atom. The maximum atomic E-state index is 5.59. The summed E-state index contributed by atoms with van der Waals surface area (Å²) in [7, 11) is 1.93. The van der Waals surface area contributed by atoms with Gasteiger partial charge in [0.15, 0.2) is 5.96 Å². The monoisotopic (exact) mass is 499 g/mol. The number of halogens is 1. The summed E-state index contributed by atoms with van der Waals surface area (Å²) in [6.45, 7) is 8.73. The van der Waals surface area contributed by atoms with Crippen LogP contribution in [0.4, 0.5) is 5.82 Å².